The smallest absolute Gasteiger partial charge is 0.258 e. The van der Waals surface area contributed by atoms with Crippen LogP contribution in [0.25, 0.3) is 0 Å². The Balaban J connectivity index is 1.85. The maximum absolute atomic E-state index is 12.7. The van der Waals surface area contributed by atoms with Crippen LogP contribution in [0, 0.1) is 17.0 Å². The molecule has 26 heavy (non-hydrogen) atoms. The van der Waals surface area contributed by atoms with Gasteiger partial charge in [-0.05, 0) is 62.3 Å². The van der Waals surface area contributed by atoms with Gasteiger partial charge in [-0.1, -0.05) is 24.3 Å². The van der Waals surface area contributed by atoms with Crippen LogP contribution in [0.5, 0.6) is 0 Å². The van der Waals surface area contributed by atoms with Crippen LogP contribution in [0.1, 0.15) is 48.1 Å². The molecule has 0 fully saturated rings. The Morgan fingerprint density at radius 3 is 2.46 bits per heavy atom. The predicted molar refractivity (Wildman–Crippen MR) is 99.7 cm³/mol. The van der Waals surface area contributed by atoms with Crippen LogP contribution in [0.3, 0.4) is 0 Å². The summed E-state index contributed by atoms with van der Waals surface area (Å²) in [5.41, 5.74) is 3.75. The van der Waals surface area contributed by atoms with Crippen LogP contribution in [0.4, 0.5) is 5.69 Å². The molecule has 0 bridgehead atoms. The van der Waals surface area contributed by atoms with Gasteiger partial charge < -0.3 is 0 Å². The van der Waals surface area contributed by atoms with Crippen molar-refractivity contribution in [3.05, 3.63) is 68.8 Å². The van der Waals surface area contributed by atoms with E-state index in [1.54, 1.807) is 13.8 Å². The first-order valence-corrected chi connectivity index (χ1v) is 10.2. The number of nitrogens with one attached hydrogen (secondary N) is 1. The molecule has 0 spiro atoms. The molecule has 0 aromatic heterocycles. The lowest BCUT2D eigenvalue weighted by molar-refractivity contribution is -0.385. The summed E-state index contributed by atoms with van der Waals surface area (Å²) in [5, 5.41) is 11.1. The van der Waals surface area contributed by atoms with Gasteiger partial charge in [0.25, 0.3) is 5.69 Å². The van der Waals surface area contributed by atoms with Gasteiger partial charge in [0.15, 0.2) is 0 Å². The molecule has 0 radical (unpaired) electrons. The summed E-state index contributed by atoms with van der Waals surface area (Å²) in [6.45, 7) is 3.36. The van der Waals surface area contributed by atoms with Gasteiger partial charge in [-0.15, -0.1) is 0 Å². The van der Waals surface area contributed by atoms with Crippen molar-refractivity contribution >= 4 is 15.7 Å². The van der Waals surface area contributed by atoms with Gasteiger partial charge in [0.05, 0.1) is 9.82 Å². The Morgan fingerprint density at radius 1 is 1.08 bits per heavy atom. The highest BCUT2D eigenvalue weighted by molar-refractivity contribution is 7.89. The molecule has 1 unspecified atom stereocenters. The summed E-state index contributed by atoms with van der Waals surface area (Å²) in [4.78, 5) is 10.4. The van der Waals surface area contributed by atoms with Gasteiger partial charge in [-0.25, -0.2) is 13.1 Å². The summed E-state index contributed by atoms with van der Waals surface area (Å²) in [6.07, 6.45) is 4.44. The van der Waals surface area contributed by atoms with Crippen LogP contribution in [-0.4, -0.2) is 13.3 Å². The highest BCUT2D eigenvalue weighted by Gasteiger charge is 2.22. The van der Waals surface area contributed by atoms with Gasteiger partial charge in [0.1, 0.15) is 0 Å². The molecule has 6 nitrogen and oxygen atoms in total. The van der Waals surface area contributed by atoms with Gasteiger partial charge in [-0.2, -0.15) is 0 Å². The van der Waals surface area contributed by atoms with E-state index in [2.05, 4.69) is 16.9 Å². The zero-order valence-corrected chi connectivity index (χ0v) is 15.7. The van der Waals surface area contributed by atoms with E-state index in [1.165, 1.54) is 29.7 Å². The molecule has 2 aromatic carbocycles. The highest BCUT2D eigenvalue weighted by atomic mass is 32.2. The van der Waals surface area contributed by atoms with Crippen LogP contribution < -0.4 is 4.72 Å². The molecule has 7 heteroatoms. The summed E-state index contributed by atoms with van der Waals surface area (Å²) < 4.78 is 27.9. The van der Waals surface area contributed by atoms with E-state index in [1.807, 2.05) is 6.07 Å². The lowest BCUT2D eigenvalue weighted by Gasteiger charge is -2.20. The molecule has 1 aliphatic rings. The zero-order valence-electron chi connectivity index (χ0n) is 14.9. The van der Waals surface area contributed by atoms with E-state index >= 15 is 0 Å². The van der Waals surface area contributed by atoms with Crippen LogP contribution in [0.15, 0.2) is 41.3 Å². The SMILES string of the molecule is Cc1ccc(S(=O)(=O)NC(C)c2ccc3c(c2)CCCC3)cc1[N+](=O)[O-]. The average molecular weight is 374 g/mol. The Morgan fingerprint density at radius 2 is 1.77 bits per heavy atom. The summed E-state index contributed by atoms with van der Waals surface area (Å²) >= 11 is 0. The van der Waals surface area contributed by atoms with E-state index in [0.29, 0.717) is 5.56 Å². The first-order valence-electron chi connectivity index (χ1n) is 8.67. The summed E-state index contributed by atoms with van der Waals surface area (Å²) in [6, 6.07) is 9.63. The maximum Gasteiger partial charge on any atom is 0.273 e. The van der Waals surface area contributed by atoms with Crippen LogP contribution in [0.2, 0.25) is 0 Å². The van der Waals surface area contributed by atoms with Gasteiger partial charge in [-0.3, -0.25) is 10.1 Å². The molecule has 0 amide bonds. The second-order valence-electron chi connectivity index (χ2n) is 6.78. The number of benzene rings is 2. The normalized spacial score (nSPS) is 15.3. The monoisotopic (exact) mass is 374 g/mol. The predicted octanol–water partition coefficient (Wildman–Crippen LogP) is 3.82. The molecule has 138 valence electrons. The van der Waals surface area contributed by atoms with E-state index in [-0.39, 0.29) is 10.6 Å². The highest BCUT2D eigenvalue weighted by Crippen LogP contribution is 2.27. The van der Waals surface area contributed by atoms with Crippen molar-refractivity contribution in [1.82, 2.24) is 4.72 Å². The molecule has 1 atom stereocenters. The van der Waals surface area contributed by atoms with Gasteiger partial charge in [0, 0.05) is 17.7 Å². The number of aryl methyl sites for hydroxylation is 3. The van der Waals surface area contributed by atoms with E-state index < -0.39 is 21.0 Å². The third-order valence-corrected chi connectivity index (χ3v) is 6.43. The van der Waals surface area contributed by atoms with E-state index in [4.69, 9.17) is 0 Å². The molecular formula is C19H22N2O4S. The fourth-order valence-electron chi connectivity index (χ4n) is 3.34. The largest absolute Gasteiger partial charge is 0.273 e. The Hall–Kier alpha value is -2.25. The summed E-state index contributed by atoms with van der Waals surface area (Å²) in [7, 11) is -3.86. The Kier molecular flexibility index (Phi) is 5.11. The number of hydrogen-bond acceptors (Lipinski definition) is 4. The number of fused-ring (bicyclic) bond motifs is 1. The molecule has 0 saturated heterocycles. The van der Waals surface area contributed by atoms with Crippen LogP contribution >= 0.6 is 0 Å². The zero-order chi connectivity index (χ0) is 18.9. The molecule has 1 N–H and O–H groups in total. The van der Waals surface area contributed by atoms with Crippen molar-refractivity contribution in [2.45, 2.75) is 50.5 Å². The fourth-order valence-corrected chi connectivity index (χ4v) is 4.60. The molecule has 0 aliphatic heterocycles. The molecule has 0 heterocycles. The molecule has 1 aliphatic carbocycles. The standard InChI is InChI=1S/C19H22N2O4S/c1-13-7-10-18(12-19(13)21(22)23)26(24,25)20-14(2)16-9-8-15-5-3-4-6-17(15)11-16/h7-12,14,20H,3-6H2,1-2H3. The number of hydrogen-bond donors (Lipinski definition) is 1. The number of rotatable bonds is 5. The van der Waals surface area contributed by atoms with Gasteiger partial charge in [0.2, 0.25) is 10.0 Å². The Bertz CT molecular complexity index is 954. The maximum atomic E-state index is 12.7. The first kappa shape index (κ1) is 18.5. The van der Waals surface area contributed by atoms with E-state index in [9.17, 15) is 18.5 Å². The van der Waals surface area contributed by atoms with Crippen molar-refractivity contribution in [2.75, 3.05) is 0 Å². The molecular weight excluding hydrogens is 352 g/mol. The minimum atomic E-state index is -3.86. The average Bonchev–Trinajstić information content (AvgIpc) is 2.60. The van der Waals surface area contributed by atoms with Gasteiger partial charge >= 0.3 is 0 Å². The lowest BCUT2D eigenvalue weighted by Crippen LogP contribution is -2.27. The third-order valence-electron chi connectivity index (χ3n) is 4.89. The minimum absolute atomic E-state index is 0.0976. The summed E-state index contributed by atoms with van der Waals surface area (Å²) in [5.74, 6) is 0. The number of nitro benzene ring substituents is 1. The number of nitrogens with zero attached hydrogens (tertiary/aromatic N) is 1. The minimum Gasteiger partial charge on any atom is -0.258 e. The van der Waals surface area contributed by atoms with Crippen molar-refractivity contribution in [3.8, 4) is 0 Å². The van der Waals surface area contributed by atoms with E-state index in [0.717, 1.165) is 30.9 Å². The van der Waals surface area contributed by atoms with Crippen molar-refractivity contribution < 1.29 is 13.3 Å². The lowest BCUT2D eigenvalue weighted by atomic mass is 9.89. The molecule has 0 saturated carbocycles. The second-order valence-corrected chi connectivity index (χ2v) is 8.50. The van der Waals surface area contributed by atoms with Crippen molar-refractivity contribution in [2.24, 2.45) is 0 Å². The first-order chi connectivity index (χ1) is 12.3. The number of nitro groups is 1. The molecule has 3 rings (SSSR count). The van der Waals surface area contributed by atoms with Crippen molar-refractivity contribution in [3.63, 3.8) is 0 Å². The fraction of sp³-hybridized carbons (Fsp3) is 0.368. The topological polar surface area (TPSA) is 89.3 Å². The number of sulfonamides is 1. The quantitative estimate of drug-likeness (QED) is 0.636. The Labute approximate surface area is 153 Å². The third kappa shape index (κ3) is 3.78. The molecule has 2 aromatic rings. The van der Waals surface area contributed by atoms with Crippen molar-refractivity contribution in [1.29, 1.82) is 0 Å². The van der Waals surface area contributed by atoms with Crippen LogP contribution in [-0.2, 0) is 22.9 Å². The second kappa shape index (κ2) is 7.17.